The molecule has 1 aromatic heterocycles. The molecule has 1 aliphatic heterocycles. The maximum Gasteiger partial charge on any atom is 0.387 e. The molecule has 0 atom stereocenters. The average Bonchev–Trinajstić information content (AvgIpc) is 3.45. The number of benzene rings is 2. The van der Waals surface area contributed by atoms with Crippen LogP contribution in [0.5, 0.6) is 5.75 Å². The summed E-state index contributed by atoms with van der Waals surface area (Å²) >= 11 is 1.06. The van der Waals surface area contributed by atoms with Crippen molar-refractivity contribution in [2.45, 2.75) is 33.3 Å². The van der Waals surface area contributed by atoms with Crippen LogP contribution >= 0.6 is 11.3 Å². The van der Waals surface area contributed by atoms with E-state index < -0.39 is 6.61 Å². The molecule has 1 amide bonds. The summed E-state index contributed by atoms with van der Waals surface area (Å²) in [5.74, 6) is -0.375. The summed E-state index contributed by atoms with van der Waals surface area (Å²) in [6.07, 6.45) is 3.37. The first kappa shape index (κ1) is 24.4. The lowest BCUT2D eigenvalue weighted by Crippen LogP contribution is -2.35. The molecule has 2 aromatic carbocycles. The van der Waals surface area contributed by atoms with Crippen LogP contribution in [0.1, 0.15) is 29.5 Å². The number of carbonyl (C=O) groups is 1. The van der Waals surface area contributed by atoms with Gasteiger partial charge in [0.1, 0.15) is 16.5 Å². The topological polar surface area (TPSA) is 75.3 Å². The van der Waals surface area contributed by atoms with Crippen molar-refractivity contribution in [1.29, 1.82) is 5.26 Å². The van der Waals surface area contributed by atoms with Gasteiger partial charge in [0, 0.05) is 13.1 Å². The Morgan fingerprint density at radius 2 is 1.74 bits per heavy atom. The molecule has 9 heteroatoms. The third kappa shape index (κ3) is 5.03. The molecule has 180 valence electrons. The Morgan fingerprint density at radius 1 is 1.11 bits per heavy atom. The highest BCUT2D eigenvalue weighted by molar-refractivity contribution is 7.07. The maximum absolute atomic E-state index is 13.6. The molecular formula is C26H23F2N3O3S. The fourth-order valence-electron chi connectivity index (χ4n) is 4.17. The number of carbonyl (C=O) groups excluding carboxylic acids is 1. The van der Waals surface area contributed by atoms with Gasteiger partial charge in [-0.15, -0.1) is 11.3 Å². The van der Waals surface area contributed by atoms with E-state index in [0.29, 0.717) is 28.9 Å². The minimum absolute atomic E-state index is 0.00766. The second-order valence-corrected chi connectivity index (χ2v) is 9.26. The van der Waals surface area contributed by atoms with Crippen molar-refractivity contribution in [3.8, 4) is 17.5 Å². The van der Waals surface area contributed by atoms with Crippen LogP contribution in [0.25, 0.3) is 17.3 Å². The van der Waals surface area contributed by atoms with Gasteiger partial charge in [0.05, 0.1) is 10.2 Å². The van der Waals surface area contributed by atoms with Crippen LogP contribution in [0.2, 0.25) is 0 Å². The van der Waals surface area contributed by atoms with Crippen LogP contribution in [0, 0.1) is 25.2 Å². The smallest absolute Gasteiger partial charge is 0.387 e. The van der Waals surface area contributed by atoms with E-state index >= 15 is 0 Å². The number of halogens is 2. The zero-order valence-corrected chi connectivity index (χ0v) is 20.1. The normalized spacial score (nSPS) is 14.9. The zero-order valence-electron chi connectivity index (χ0n) is 19.3. The molecule has 0 bridgehead atoms. The molecule has 0 N–H and O–H groups in total. The van der Waals surface area contributed by atoms with Crippen molar-refractivity contribution in [2.75, 3.05) is 13.1 Å². The molecule has 6 nitrogen and oxygen atoms in total. The summed E-state index contributed by atoms with van der Waals surface area (Å²) < 4.78 is 31.3. The van der Waals surface area contributed by atoms with E-state index in [4.69, 9.17) is 0 Å². The minimum Gasteiger partial charge on any atom is -0.435 e. The number of alkyl halides is 2. The van der Waals surface area contributed by atoms with Crippen molar-refractivity contribution >= 4 is 28.9 Å². The number of ether oxygens (including phenoxy) is 1. The molecular weight excluding hydrogens is 472 g/mol. The Kier molecular flexibility index (Phi) is 7.12. The lowest BCUT2D eigenvalue weighted by molar-refractivity contribution is -0.123. The lowest BCUT2D eigenvalue weighted by Gasteiger charge is -2.15. The summed E-state index contributed by atoms with van der Waals surface area (Å²) in [7, 11) is 0. The number of thiazole rings is 1. The quantitative estimate of drug-likeness (QED) is 0.545. The Hall–Kier alpha value is -3.77. The zero-order chi connectivity index (χ0) is 25.1. The first-order chi connectivity index (χ1) is 16.8. The number of hydrogen-bond acceptors (Lipinski definition) is 5. The third-order valence-electron chi connectivity index (χ3n) is 5.82. The number of likely N-dealkylation sites (tertiary alicyclic amines) is 1. The number of aryl methyl sites for hydroxylation is 2. The second kappa shape index (κ2) is 10.2. The molecule has 0 saturated carbocycles. The van der Waals surface area contributed by atoms with E-state index in [-0.39, 0.29) is 27.5 Å². The van der Waals surface area contributed by atoms with Gasteiger partial charge in [-0.05, 0) is 61.6 Å². The molecule has 3 aromatic rings. The van der Waals surface area contributed by atoms with Gasteiger partial charge >= 0.3 is 6.61 Å². The Morgan fingerprint density at radius 3 is 2.31 bits per heavy atom. The fourth-order valence-corrected chi connectivity index (χ4v) is 5.26. The van der Waals surface area contributed by atoms with E-state index in [1.165, 1.54) is 16.7 Å². The molecule has 1 aliphatic rings. The van der Waals surface area contributed by atoms with E-state index in [0.717, 1.165) is 35.3 Å². The number of amides is 1. The van der Waals surface area contributed by atoms with Gasteiger partial charge in [-0.3, -0.25) is 14.2 Å². The maximum atomic E-state index is 13.6. The molecule has 0 unspecified atom stereocenters. The summed E-state index contributed by atoms with van der Waals surface area (Å²) in [5.41, 5.74) is 2.45. The van der Waals surface area contributed by atoms with E-state index in [9.17, 15) is 23.6 Å². The molecule has 1 fully saturated rings. The highest BCUT2D eigenvalue weighted by atomic mass is 32.1. The van der Waals surface area contributed by atoms with E-state index in [2.05, 4.69) is 4.74 Å². The number of rotatable bonds is 5. The average molecular weight is 496 g/mol. The van der Waals surface area contributed by atoms with Crippen LogP contribution in [0.3, 0.4) is 0 Å². The summed E-state index contributed by atoms with van der Waals surface area (Å²) in [5, 5.41) is 9.98. The highest BCUT2D eigenvalue weighted by Crippen LogP contribution is 2.18. The monoisotopic (exact) mass is 495 g/mol. The van der Waals surface area contributed by atoms with Gasteiger partial charge in [0.2, 0.25) is 0 Å². The number of aromatic nitrogens is 1. The highest BCUT2D eigenvalue weighted by Gasteiger charge is 2.25. The third-order valence-corrected chi connectivity index (χ3v) is 6.91. The van der Waals surface area contributed by atoms with E-state index in [1.807, 2.05) is 38.1 Å². The van der Waals surface area contributed by atoms with Gasteiger partial charge in [-0.25, -0.2) is 0 Å². The predicted octanol–water partition coefficient (Wildman–Crippen LogP) is 3.24. The van der Waals surface area contributed by atoms with Gasteiger partial charge in [-0.1, -0.05) is 30.3 Å². The van der Waals surface area contributed by atoms with Crippen LogP contribution < -0.4 is 19.5 Å². The van der Waals surface area contributed by atoms with Gasteiger partial charge in [-0.2, -0.15) is 14.0 Å². The first-order valence-electron chi connectivity index (χ1n) is 11.1. The number of para-hydroxylation sites is 1. The molecule has 0 spiro atoms. The van der Waals surface area contributed by atoms with Gasteiger partial charge in [0.25, 0.3) is 11.5 Å². The molecule has 0 aliphatic carbocycles. The molecule has 2 heterocycles. The molecule has 1 saturated heterocycles. The minimum atomic E-state index is -2.93. The van der Waals surface area contributed by atoms with Crippen molar-refractivity contribution in [2.24, 2.45) is 0 Å². The Balaban J connectivity index is 1.97. The van der Waals surface area contributed by atoms with Crippen molar-refractivity contribution in [3.63, 3.8) is 0 Å². The number of hydrogen-bond donors (Lipinski definition) is 0. The van der Waals surface area contributed by atoms with Crippen LogP contribution in [0.15, 0.2) is 47.3 Å². The van der Waals surface area contributed by atoms with Crippen molar-refractivity contribution in [3.05, 3.63) is 78.7 Å². The van der Waals surface area contributed by atoms with Gasteiger partial charge in [0.15, 0.2) is 5.57 Å². The van der Waals surface area contributed by atoms with Crippen LogP contribution in [-0.2, 0) is 4.79 Å². The van der Waals surface area contributed by atoms with E-state index in [1.54, 1.807) is 23.1 Å². The van der Waals surface area contributed by atoms with Crippen molar-refractivity contribution in [1.82, 2.24) is 9.47 Å². The molecule has 35 heavy (non-hydrogen) atoms. The number of nitriles is 1. The first-order valence-corrected chi connectivity index (χ1v) is 11.9. The SMILES string of the molecule is Cc1cccc(C)c1-n1c(=O)/c(=C\c2ccc(OC(F)F)cc2)s/c1=C(/C#N)C(=O)N1CCCC1. The summed E-state index contributed by atoms with van der Waals surface area (Å²) in [4.78, 5) is 28.5. The standard InChI is InChI=1S/C26H23F2N3O3S/c1-16-6-5-7-17(2)22(16)31-24(33)21(14-18-8-10-19(11-9-18)34-26(27)28)35-25(31)20(15-29)23(32)30-12-3-4-13-30/h5-11,14,26H,3-4,12-13H2,1-2H3/b21-14+,25-20-. The predicted molar refractivity (Wildman–Crippen MR) is 130 cm³/mol. The summed E-state index contributed by atoms with van der Waals surface area (Å²) in [6.45, 7) is 1.97. The lowest BCUT2D eigenvalue weighted by atomic mass is 10.1. The molecule has 0 radical (unpaired) electrons. The summed E-state index contributed by atoms with van der Waals surface area (Å²) in [6, 6.07) is 13.6. The molecule has 4 rings (SSSR count). The van der Waals surface area contributed by atoms with Crippen LogP contribution in [0.4, 0.5) is 8.78 Å². The largest absolute Gasteiger partial charge is 0.435 e. The Labute approximate surface area is 204 Å². The van der Waals surface area contributed by atoms with Gasteiger partial charge < -0.3 is 9.64 Å². The number of nitrogens with zero attached hydrogens (tertiary/aromatic N) is 3. The second-order valence-electron chi connectivity index (χ2n) is 8.23. The van der Waals surface area contributed by atoms with Crippen molar-refractivity contribution < 1.29 is 18.3 Å². The van der Waals surface area contributed by atoms with Crippen LogP contribution in [-0.4, -0.2) is 35.1 Å². The fraction of sp³-hybridized carbons (Fsp3) is 0.269. The Bertz CT molecular complexity index is 1460.